The molecule has 5 aliphatic rings. The predicted molar refractivity (Wildman–Crippen MR) is 183 cm³/mol. The SMILES string of the molecule is c1ccc(-c2ccc(-c3nc(-c4ccccc4)nc(-c4ccc5c(c4)C4(c6ncccc6-5)C5CC6CC(C5)CC4C6)n3)cc2)cc1. The minimum absolute atomic E-state index is 0.000740. The first-order chi connectivity index (χ1) is 22.7. The summed E-state index contributed by atoms with van der Waals surface area (Å²) in [5, 5.41) is 0. The smallest absolute Gasteiger partial charge is 0.164 e. The second-order valence-electron chi connectivity index (χ2n) is 13.9. The molecule has 4 fully saturated rings. The third-order valence-electron chi connectivity index (χ3n) is 11.6. The van der Waals surface area contributed by atoms with Gasteiger partial charge in [0.25, 0.3) is 0 Å². The average molecular weight is 595 g/mol. The van der Waals surface area contributed by atoms with E-state index in [0.29, 0.717) is 23.5 Å². The number of aromatic nitrogens is 4. The van der Waals surface area contributed by atoms with Gasteiger partial charge >= 0.3 is 0 Å². The molecule has 11 rings (SSSR count). The number of hydrogen-bond donors (Lipinski definition) is 0. The fraction of sp³-hybridized carbons (Fsp3) is 0.238. The van der Waals surface area contributed by atoms with Crippen LogP contribution in [0.1, 0.15) is 43.4 Å². The molecule has 0 unspecified atom stereocenters. The van der Waals surface area contributed by atoms with Crippen molar-refractivity contribution in [2.45, 2.75) is 37.5 Å². The maximum Gasteiger partial charge on any atom is 0.164 e. The van der Waals surface area contributed by atoms with Crippen molar-refractivity contribution in [1.82, 2.24) is 19.9 Å². The molecule has 0 radical (unpaired) electrons. The summed E-state index contributed by atoms with van der Waals surface area (Å²) in [7, 11) is 0. The Labute approximate surface area is 269 Å². The topological polar surface area (TPSA) is 51.6 Å². The van der Waals surface area contributed by atoms with E-state index >= 15 is 0 Å². The number of pyridine rings is 1. The van der Waals surface area contributed by atoms with Gasteiger partial charge in [0, 0.05) is 33.9 Å². The highest BCUT2D eigenvalue weighted by Gasteiger charge is 2.62. The summed E-state index contributed by atoms with van der Waals surface area (Å²) >= 11 is 0. The zero-order valence-corrected chi connectivity index (χ0v) is 25.7. The Bertz CT molecular complexity index is 2070. The molecular weight excluding hydrogens is 560 g/mol. The maximum absolute atomic E-state index is 5.17. The maximum atomic E-state index is 5.17. The van der Waals surface area contributed by atoms with Gasteiger partial charge in [0.05, 0.1) is 5.69 Å². The number of hydrogen-bond acceptors (Lipinski definition) is 4. The Hall–Kier alpha value is -4.96. The van der Waals surface area contributed by atoms with Crippen LogP contribution >= 0.6 is 0 Å². The van der Waals surface area contributed by atoms with Gasteiger partial charge in [-0.2, -0.15) is 0 Å². The summed E-state index contributed by atoms with van der Waals surface area (Å²) in [6.45, 7) is 0. The average Bonchev–Trinajstić information content (AvgIpc) is 3.41. The summed E-state index contributed by atoms with van der Waals surface area (Å²) < 4.78 is 0. The standard InChI is InChI=1S/C42H34N4/c1-3-8-28(9-4-1)29-13-15-31(16-14-29)40-44-39(30-10-5-2-6-11-30)45-41(46-40)32-17-18-35-36-12-7-19-43-38(36)42(37(35)25-32)33-21-26-20-27(23-33)24-34(42)22-26/h1-19,25-27,33-34H,20-24H2. The Morgan fingerprint density at radius 1 is 0.457 bits per heavy atom. The lowest BCUT2D eigenvalue weighted by Gasteiger charge is -2.60. The van der Waals surface area contributed by atoms with Crippen molar-refractivity contribution in [2.75, 3.05) is 0 Å². The first kappa shape index (κ1) is 26.3. The molecule has 0 aliphatic heterocycles. The van der Waals surface area contributed by atoms with Gasteiger partial charge in [0.2, 0.25) is 0 Å². The first-order valence-corrected chi connectivity index (χ1v) is 16.8. The van der Waals surface area contributed by atoms with E-state index in [2.05, 4.69) is 91.0 Å². The minimum atomic E-state index is 0.000740. The molecule has 0 saturated heterocycles. The molecule has 4 bridgehead atoms. The summed E-state index contributed by atoms with van der Waals surface area (Å²) in [6, 6.07) is 40.7. The van der Waals surface area contributed by atoms with Crippen LogP contribution in [-0.2, 0) is 5.41 Å². The fourth-order valence-corrected chi connectivity index (χ4v) is 9.89. The molecule has 1 spiro atoms. The van der Waals surface area contributed by atoms with Crippen molar-refractivity contribution in [3.8, 4) is 56.4 Å². The highest BCUT2D eigenvalue weighted by atomic mass is 15.0. The molecule has 2 aromatic heterocycles. The fourth-order valence-electron chi connectivity index (χ4n) is 9.89. The van der Waals surface area contributed by atoms with E-state index in [9.17, 15) is 0 Å². The second-order valence-corrected chi connectivity index (χ2v) is 13.9. The van der Waals surface area contributed by atoms with Crippen LogP contribution < -0.4 is 0 Å². The van der Waals surface area contributed by atoms with Gasteiger partial charge in [0.1, 0.15) is 0 Å². The summed E-state index contributed by atoms with van der Waals surface area (Å²) in [4.78, 5) is 20.5. The van der Waals surface area contributed by atoms with Crippen molar-refractivity contribution < 1.29 is 0 Å². The second kappa shape index (κ2) is 10.0. The van der Waals surface area contributed by atoms with Gasteiger partial charge in [-0.1, -0.05) is 103 Å². The zero-order valence-electron chi connectivity index (χ0n) is 25.7. The van der Waals surface area contributed by atoms with Crippen LogP contribution in [0.25, 0.3) is 56.4 Å². The van der Waals surface area contributed by atoms with Crippen LogP contribution in [0.15, 0.2) is 121 Å². The lowest BCUT2D eigenvalue weighted by Crippen LogP contribution is -2.55. The molecule has 0 amide bonds. The summed E-state index contributed by atoms with van der Waals surface area (Å²) in [6.07, 6.45) is 8.79. The Kier molecular flexibility index (Phi) is 5.72. The minimum Gasteiger partial charge on any atom is -0.260 e. The molecule has 46 heavy (non-hydrogen) atoms. The van der Waals surface area contributed by atoms with E-state index in [1.54, 1.807) is 0 Å². The van der Waals surface area contributed by atoms with Crippen molar-refractivity contribution in [1.29, 1.82) is 0 Å². The molecule has 4 heteroatoms. The molecule has 4 nitrogen and oxygen atoms in total. The molecule has 4 aromatic carbocycles. The molecule has 0 N–H and O–H groups in total. The van der Waals surface area contributed by atoms with Gasteiger partial charge < -0.3 is 0 Å². The third kappa shape index (κ3) is 3.86. The van der Waals surface area contributed by atoms with Gasteiger partial charge in [-0.05, 0) is 90.2 Å². The van der Waals surface area contributed by atoms with Gasteiger partial charge in [-0.3, -0.25) is 4.98 Å². The highest BCUT2D eigenvalue weighted by molar-refractivity contribution is 5.83. The van der Waals surface area contributed by atoms with Crippen LogP contribution in [0.5, 0.6) is 0 Å². The quantitative estimate of drug-likeness (QED) is 0.204. The van der Waals surface area contributed by atoms with Gasteiger partial charge in [-0.15, -0.1) is 0 Å². The predicted octanol–water partition coefficient (Wildman–Crippen LogP) is 9.66. The van der Waals surface area contributed by atoms with Gasteiger partial charge in [-0.25, -0.2) is 15.0 Å². The van der Waals surface area contributed by atoms with Crippen molar-refractivity contribution in [3.63, 3.8) is 0 Å². The first-order valence-electron chi connectivity index (χ1n) is 16.8. The van der Waals surface area contributed by atoms with Crippen molar-refractivity contribution >= 4 is 0 Å². The molecule has 6 aromatic rings. The van der Waals surface area contributed by atoms with E-state index in [-0.39, 0.29) is 5.41 Å². The summed E-state index contributed by atoms with van der Waals surface area (Å²) in [5.74, 6) is 5.21. The molecule has 0 atom stereocenters. The number of nitrogens with zero attached hydrogens (tertiary/aromatic N) is 4. The van der Waals surface area contributed by atoms with E-state index in [1.807, 2.05) is 30.5 Å². The number of rotatable bonds is 4. The number of benzene rings is 4. The third-order valence-corrected chi connectivity index (χ3v) is 11.6. The van der Waals surface area contributed by atoms with Crippen LogP contribution in [0.4, 0.5) is 0 Å². The van der Waals surface area contributed by atoms with Crippen molar-refractivity contribution in [2.24, 2.45) is 23.7 Å². The Morgan fingerprint density at radius 2 is 0.978 bits per heavy atom. The van der Waals surface area contributed by atoms with Crippen molar-refractivity contribution in [3.05, 3.63) is 133 Å². The molecule has 222 valence electrons. The Morgan fingerprint density at radius 3 is 1.63 bits per heavy atom. The zero-order chi connectivity index (χ0) is 30.2. The van der Waals surface area contributed by atoms with E-state index in [0.717, 1.165) is 34.4 Å². The largest absolute Gasteiger partial charge is 0.260 e. The molecule has 5 aliphatic carbocycles. The molecule has 2 heterocycles. The summed E-state index contributed by atoms with van der Waals surface area (Å²) in [5.41, 5.74) is 10.9. The van der Waals surface area contributed by atoms with Crippen LogP contribution in [0, 0.1) is 23.7 Å². The molecular formula is C42H34N4. The lowest BCUT2D eigenvalue weighted by atomic mass is 9.43. The van der Waals surface area contributed by atoms with Crippen LogP contribution in [0.3, 0.4) is 0 Å². The van der Waals surface area contributed by atoms with E-state index in [1.165, 1.54) is 65.6 Å². The van der Waals surface area contributed by atoms with Crippen LogP contribution in [0.2, 0.25) is 0 Å². The Balaban J connectivity index is 1.13. The normalized spacial score (nSPS) is 25.0. The highest BCUT2D eigenvalue weighted by Crippen LogP contribution is 2.69. The van der Waals surface area contributed by atoms with Gasteiger partial charge in [0.15, 0.2) is 17.5 Å². The monoisotopic (exact) mass is 594 g/mol. The van der Waals surface area contributed by atoms with E-state index in [4.69, 9.17) is 19.9 Å². The number of fused-ring (bicyclic) bond motifs is 3. The van der Waals surface area contributed by atoms with Crippen LogP contribution in [-0.4, -0.2) is 19.9 Å². The lowest BCUT2D eigenvalue weighted by molar-refractivity contribution is -0.0415. The van der Waals surface area contributed by atoms with E-state index < -0.39 is 0 Å². The molecule has 4 saturated carbocycles.